The van der Waals surface area contributed by atoms with Gasteiger partial charge in [-0.15, -0.1) is 0 Å². The Balaban J connectivity index is 0.000000437. The molecule has 0 atom stereocenters. The van der Waals surface area contributed by atoms with Gasteiger partial charge in [0.05, 0.1) is 11.1 Å². The number of carboxylic acids is 2. The highest BCUT2D eigenvalue weighted by Crippen LogP contribution is 2.07. The maximum Gasteiger partial charge on any atom is 0.394 e. The van der Waals surface area contributed by atoms with Crippen molar-refractivity contribution in [3.05, 3.63) is 35.4 Å². The van der Waals surface area contributed by atoms with Gasteiger partial charge < -0.3 is 10.2 Å². The first-order chi connectivity index (χ1) is 7.63. The van der Waals surface area contributed by atoms with E-state index < -0.39 is 22.3 Å². The van der Waals surface area contributed by atoms with E-state index in [2.05, 4.69) is 0 Å². The van der Waals surface area contributed by atoms with Gasteiger partial charge in [-0.2, -0.15) is 8.42 Å². The standard InChI is InChI=1S/C8H6O4.H2O4S/c9-7(10)5-3-1-2-4-6(5)8(11)12;1-5(2,3)4/h1-4H,(H,9,10)(H,11,12);(H2,1,2,3,4). The lowest BCUT2D eigenvalue weighted by atomic mass is 10.1. The quantitative estimate of drug-likeness (QED) is 0.561. The van der Waals surface area contributed by atoms with Crippen LogP contribution in [0.15, 0.2) is 24.3 Å². The molecule has 9 heteroatoms. The van der Waals surface area contributed by atoms with Crippen LogP contribution in [0.5, 0.6) is 0 Å². The molecule has 1 rings (SSSR count). The fraction of sp³-hybridized carbons (Fsp3) is 0. The number of rotatable bonds is 2. The molecule has 0 spiro atoms. The topological polar surface area (TPSA) is 149 Å². The zero-order chi connectivity index (χ0) is 13.6. The van der Waals surface area contributed by atoms with Crippen LogP contribution in [0.2, 0.25) is 0 Å². The lowest BCUT2D eigenvalue weighted by Crippen LogP contribution is -2.06. The third-order valence-electron chi connectivity index (χ3n) is 1.39. The van der Waals surface area contributed by atoms with Gasteiger partial charge in [0.2, 0.25) is 0 Å². The third-order valence-corrected chi connectivity index (χ3v) is 1.39. The minimum atomic E-state index is -4.67. The number of aromatic carboxylic acids is 2. The summed E-state index contributed by atoms with van der Waals surface area (Å²) in [6, 6.07) is 5.48. The van der Waals surface area contributed by atoms with Gasteiger partial charge in [0.25, 0.3) is 0 Å². The van der Waals surface area contributed by atoms with Crippen LogP contribution in [0.1, 0.15) is 20.7 Å². The molecule has 0 heterocycles. The molecule has 0 aromatic heterocycles. The van der Waals surface area contributed by atoms with Gasteiger partial charge in [0, 0.05) is 0 Å². The van der Waals surface area contributed by atoms with Crippen LogP contribution in [0.4, 0.5) is 0 Å². The fourth-order valence-corrected chi connectivity index (χ4v) is 0.856. The number of hydrogen-bond acceptors (Lipinski definition) is 4. The number of carboxylic acid groups (broad SMARTS) is 2. The minimum Gasteiger partial charge on any atom is -0.478 e. The van der Waals surface area contributed by atoms with Gasteiger partial charge in [0.15, 0.2) is 0 Å². The second-order valence-electron chi connectivity index (χ2n) is 2.60. The molecular weight excluding hydrogens is 256 g/mol. The normalized spacial score (nSPS) is 10.0. The van der Waals surface area contributed by atoms with Gasteiger partial charge in [0.1, 0.15) is 0 Å². The molecule has 0 unspecified atom stereocenters. The molecule has 0 aliphatic rings. The van der Waals surface area contributed by atoms with Crippen molar-refractivity contribution in [1.82, 2.24) is 0 Å². The van der Waals surface area contributed by atoms with Crippen LogP contribution in [0, 0.1) is 0 Å². The molecule has 4 N–H and O–H groups in total. The maximum atomic E-state index is 10.5. The van der Waals surface area contributed by atoms with Crippen molar-refractivity contribution in [3.8, 4) is 0 Å². The van der Waals surface area contributed by atoms with Crippen LogP contribution in [0.25, 0.3) is 0 Å². The Hall–Kier alpha value is -1.97. The van der Waals surface area contributed by atoms with Gasteiger partial charge in [-0.25, -0.2) is 9.59 Å². The Kier molecular flexibility index (Phi) is 5.25. The van der Waals surface area contributed by atoms with Gasteiger partial charge in [-0.1, -0.05) is 12.1 Å². The lowest BCUT2D eigenvalue weighted by Gasteiger charge is -1.98. The first-order valence-corrected chi connectivity index (χ1v) is 5.28. The second kappa shape index (κ2) is 5.94. The van der Waals surface area contributed by atoms with Gasteiger partial charge in [-0.3, -0.25) is 9.11 Å². The highest BCUT2D eigenvalue weighted by molar-refractivity contribution is 7.79. The molecule has 0 saturated heterocycles. The summed E-state index contributed by atoms with van der Waals surface area (Å²) in [6.07, 6.45) is 0. The average molecular weight is 264 g/mol. The molecule has 0 saturated carbocycles. The summed E-state index contributed by atoms with van der Waals surface area (Å²) in [5.41, 5.74) is -0.380. The largest absolute Gasteiger partial charge is 0.478 e. The number of carbonyl (C=O) groups is 2. The van der Waals surface area contributed by atoms with Crippen molar-refractivity contribution in [2.75, 3.05) is 0 Å². The minimum absolute atomic E-state index is 0.190. The molecule has 17 heavy (non-hydrogen) atoms. The molecular formula is C8H8O8S. The summed E-state index contributed by atoms with van der Waals surface area (Å²) in [6.45, 7) is 0. The van der Waals surface area contributed by atoms with Crippen molar-refractivity contribution in [3.63, 3.8) is 0 Å². The molecule has 1 aromatic carbocycles. The van der Waals surface area contributed by atoms with Crippen molar-refractivity contribution in [2.24, 2.45) is 0 Å². The first kappa shape index (κ1) is 15.0. The van der Waals surface area contributed by atoms with Crippen LogP contribution in [-0.2, 0) is 10.4 Å². The summed E-state index contributed by atoms with van der Waals surface area (Å²) < 4.78 is 31.6. The molecule has 0 bridgehead atoms. The summed E-state index contributed by atoms with van der Waals surface area (Å²) in [5, 5.41) is 17.1. The predicted molar refractivity (Wildman–Crippen MR) is 54.5 cm³/mol. The van der Waals surface area contributed by atoms with E-state index >= 15 is 0 Å². The molecule has 94 valence electrons. The molecule has 8 nitrogen and oxygen atoms in total. The highest BCUT2D eigenvalue weighted by Gasteiger charge is 2.13. The Morgan fingerprint density at radius 3 is 1.29 bits per heavy atom. The van der Waals surface area contributed by atoms with Crippen LogP contribution >= 0.6 is 0 Å². The van der Waals surface area contributed by atoms with E-state index in [0.717, 1.165) is 0 Å². The molecule has 0 aliphatic heterocycles. The monoisotopic (exact) mass is 264 g/mol. The third kappa shape index (κ3) is 7.00. The van der Waals surface area contributed by atoms with E-state index in [-0.39, 0.29) is 11.1 Å². The Morgan fingerprint density at radius 2 is 1.12 bits per heavy atom. The van der Waals surface area contributed by atoms with E-state index in [4.69, 9.17) is 27.7 Å². The Bertz CT molecular complexity index is 477. The molecule has 1 aromatic rings. The van der Waals surface area contributed by atoms with Crippen LogP contribution in [-0.4, -0.2) is 39.7 Å². The van der Waals surface area contributed by atoms with Crippen molar-refractivity contribution in [1.29, 1.82) is 0 Å². The van der Waals surface area contributed by atoms with E-state index in [1.165, 1.54) is 24.3 Å². The average Bonchev–Trinajstić information content (AvgIpc) is 2.15. The summed E-state index contributed by atoms with van der Waals surface area (Å²) in [5.74, 6) is -2.46. The summed E-state index contributed by atoms with van der Waals surface area (Å²) in [4.78, 5) is 20.9. The number of benzene rings is 1. The Morgan fingerprint density at radius 1 is 0.882 bits per heavy atom. The zero-order valence-corrected chi connectivity index (χ0v) is 8.96. The second-order valence-corrected chi connectivity index (χ2v) is 3.50. The Labute approximate surface area is 95.7 Å². The lowest BCUT2D eigenvalue weighted by molar-refractivity contribution is 0.0651. The molecule has 0 fully saturated rings. The van der Waals surface area contributed by atoms with Crippen molar-refractivity contribution < 1.29 is 37.3 Å². The maximum absolute atomic E-state index is 10.5. The van der Waals surface area contributed by atoms with Gasteiger partial charge >= 0.3 is 22.3 Å². The molecule has 0 radical (unpaired) electrons. The van der Waals surface area contributed by atoms with Crippen LogP contribution < -0.4 is 0 Å². The molecule has 0 aliphatic carbocycles. The smallest absolute Gasteiger partial charge is 0.394 e. The summed E-state index contributed by atoms with van der Waals surface area (Å²) >= 11 is 0. The van der Waals surface area contributed by atoms with E-state index in [1.54, 1.807) is 0 Å². The van der Waals surface area contributed by atoms with E-state index in [9.17, 15) is 9.59 Å². The first-order valence-electron chi connectivity index (χ1n) is 3.88. The fourth-order valence-electron chi connectivity index (χ4n) is 0.856. The van der Waals surface area contributed by atoms with E-state index in [0.29, 0.717) is 0 Å². The SMILES string of the molecule is O=C(O)c1ccccc1C(=O)O.O=S(=O)(O)O. The molecule has 0 amide bonds. The van der Waals surface area contributed by atoms with E-state index in [1.807, 2.05) is 0 Å². The number of hydrogen-bond donors (Lipinski definition) is 4. The van der Waals surface area contributed by atoms with Gasteiger partial charge in [-0.05, 0) is 12.1 Å². The van der Waals surface area contributed by atoms with Crippen molar-refractivity contribution in [2.45, 2.75) is 0 Å². The highest BCUT2D eigenvalue weighted by atomic mass is 32.3. The zero-order valence-electron chi connectivity index (χ0n) is 8.14. The predicted octanol–water partition coefficient (Wildman–Crippen LogP) is 0.430. The van der Waals surface area contributed by atoms with Crippen LogP contribution in [0.3, 0.4) is 0 Å². The summed E-state index contributed by atoms with van der Waals surface area (Å²) in [7, 11) is -4.67. The van der Waals surface area contributed by atoms with Crippen molar-refractivity contribution >= 4 is 22.3 Å².